The smallest absolute Gasteiger partial charge is 0.251 e. The minimum atomic E-state index is -0.439. The Morgan fingerprint density at radius 3 is 2.64 bits per heavy atom. The molecule has 0 saturated carbocycles. The predicted octanol–water partition coefficient (Wildman–Crippen LogP) is 6.65. The van der Waals surface area contributed by atoms with E-state index in [1.165, 1.54) is 12.3 Å². The number of pyridine rings is 2. The molecule has 0 bridgehead atoms. The third-order valence-corrected chi connectivity index (χ3v) is 4.66. The van der Waals surface area contributed by atoms with Gasteiger partial charge in [-0.15, -0.1) is 0 Å². The summed E-state index contributed by atoms with van der Waals surface area (Å²) in [5, 5.41) is 2.79. The zero-order chi connectivity index (χ0) is 24.2. The lowest BCUT2D eigenvalue weighted by Crippen LogP contribution is -2.23. The molecule has 3 rings (SSSR count). The maximum absolute atomic E-state index is 13.3. The third kappa shape index (κ3) is 7.10. The summed E-state index contributed by atoms with van der Waals surface area (Å²) in [5.41, 5.74) is 3.57. The number of nitrogens with zero attached hydrogens (tertiary/aromatic N) is 2. The molecule has 0 radical (unpaired) electrons. The quantitative estimate of drug-likeness (QED) is 0.412. The van der Waals surface area contributed by atoms with E-state index >= 15 is 0 Å². The Labute approximate surface area is 195 Å². The van der Waals surface area contributed by atoms with Crippen LogP contribution < -0.4 is 10.1 Å². The molecule has 0 saturated heterocycles. The summed E-state index contributed by atoms with van der Waals surface area (Å²) in [4.78, 5) is 20.9. The Bertz CT molecular complexity index is 1140. The second kappa shape index (κ2) is 12.9. The first-order chi connectivity index (χ1) is 16.0. The summed E-state index contributed by atoms with van der Waals surface area (Å²) in [7, 11) is 0. The number of nitrogens with one attached hydrogen (secondary N) is 1. The zero-order valence-electron chi connectivity index (χ0n) is 19.7. The van der Waals surface area contributed by atoms with E-state index in [0.29, 0.717) is 28.2 Å². The van der Waals surface area contributed by atoms with Gasteiger partial charge in [0.25, 0.3) is 5.91 Å². The van der Waals surface area contributed by atoms with Gasteiger partial charge in [0.2, 0.25) is 0 Å². The number of halogens is 1. The first-order valence-corrected chi connectivity index (χ1v) is 10.9. The number of aromatic nitrogens is 2. The number of allylic oxidation sites excluding steroid dienone is 4. The highest BCUT2D eigenvalue weighted by Crippen LogP contribution is 2.28. The summed E-state index contributed by atoms with van der Waals surface area (Å²) >= 11 is 0. The van der Waals surface area contributed by atoms with Crippen molar-refractivity contribution in [2.45, 2.75) is 41.2 Å². The highest BCUT2D eigenvalue weighted by molar-refractivity contribution is 5.96. The van der Waals surface area contributed by atoms with Crippen molar-refractivity contribution >= 4 is 11.5 Å². The topological polar surface area (TPSA) is 64.1 Å². The number of hydrogen-bond acceptors (Lipinski definition) is 4. The molecule has 1 N–H and O–H groups in total. The Morgan fingerprint density at radius 2 is 1.94 bits per heavy atom. The van der Waals surface area contributed by atoms with Gasteiger partial charge in [0, 0.05) is 36.1 Å². The molecular formula is C27H30FN3O2. The maximum atomic E-state index is 13.3. The first kappa shape index (κ1) is 25.5. The van der Waals surface area contributed by atoms with Crippen LogP contribution in [-0.2, 0) is 6.54 Å². The molecule has 5 nitrogen and oxygen atoms in total. The highest BCUT2D eigenvalue weighted by Gasteiger charge is 2.13. The van der Waals surface area contributed by atoms with E-state index in [-0.39, 0.29) is 12.5 Å². The molecular weight excluding hydrogens is 417 g/mol. The third-order valence-electron chi connectivity index (χ3n) is 4.66. The number of amides is 1. The van der Waals surface area contributed by atoms with Crippen molar-refractivity contribution in [1.82, 2.24) is 15.3 Å². The average molecular weight is 448 g/mol. The van der Waals surface area contributed by atoms with Crippen LogP contribution in [0, 0.1) is 12.7 Å². The van der Waals surface area contributed by atoms with Crippen molar-refractivity contribution in [2.75, 3.05) is 0 Å². The van der Waals surface area contributed by atoms with Gasteiger partial charge in [-0.25, -0.2) is 4.39 Å². The van der Waals surface area contributed by atoms with Gasteiger partial charge in [-0.3, -0.25) is 14.8 Å². The predicted molar refractivity (Wildman–Crippen MR) is 131 cm³/mol. The summed E-state index contributed by atoms with van der Waals surface area (Å²) < 4.78 is 19.3. The van der Waals surface area contributed by atoms with E-state index in [9.17, 15) is 9.18 Å². The van der Waals surface area contributed by atoms with E-state index in [2.05, 4.69) is 15.3 Å². The van der Waals surface area contributed by atoms with Crippen molar-refractivity contribution in [3.05, 3.63) is 101 Å². The molecule has 33 heavy (non-hydrogen) atoms. The Kier molecular flexibility index (Phi) is 9.96. The molecule has 0 unspecified atom stereocenters. The molecule has 1 aromatic carbocycles. The molecule has 0 atom stereocenters. The van der Waals surface area contributed by atoms with E-state index in [1.54, 1.807) is 24.4 Å². The second-order valence-corrected chi connectivity index (χ2v) is 6.85. The number of carbonyl (C=O) groups excluding carboxylic acids is 1. The lowest BCUT2D eigenvalue weighted by molar-refractivity contribution is 0.0950. The van der Waals surface area contributed by atoms with Gasteiger partial charge >= 0.3 is 0 Å². The largest absolute Gasteiger partial charge is 0.457 e. The lowest BCUT2D eigenvalue weighted by Gasteiger charge is -2.13. The Morgan fingerprint density at radius 1 is 1.15 bits per heavy atom. The summed E-state index contributed by atoms with van der Waals surface area (Å²) in [6, 6.07) is 10.3. The molecule has 0 spiro atoms. The minimum absolute atomic E-state index is 0.179. The van der Waals surface area contributed by atoms with Crippen LogP contribution in [-0.4, -0.2) is 15.9 Å². The van der Waals surface area contributed by atoms with Gasteiger partial charge in [-0.05, 0) is 56.2 Å². The van der Waals surface area contributed by atoms with Gasteiger partial charge < -0.3 is 10.1 Å². The van der Waals surface area contributed by atoms with Gasteiger partial charge in [-0.2, -0.15) is 0 Å². The molecule has 0 aliphatic carbocycles. The second-order valence-electron chi connectivity index (χ2n) is 6.85. The summed E-state index contributed by atoms with van der Waals surface area (Å²) in [6.45, 7) is 9.91. The maximum Gasteiger partial charge on any atom is 0.251 e. The van der Waals surface area contributed by atoms with Crippen LogP contribution in [0.2, 0.25) is 0 Å². The number of benzene rings is 1. The number of ether oxygens (including phenoxy) is 1. The van der Waals surface area contributed by atoms with Crippen LogP contribution in [0.4, 0.5) is 4.39 Å². The van der Waals surface area contributed by atoms with E-state index in [0.717, 1.165) is 17.5 Å². The minimum Gasteiger partial charge on any atom is -0.457 e. The molecule has 0 aliphatic heterocycles. The van der Waals surface area contributed by atoms with Gasteiger partial charge in [0.1, 0.15) is 17.3 Å². The Balaban J connectivity index is 0.00000187. The van der Waals surface area contributed by atoms with E-state index in [1.807, 2.05) is 65.0 Å². The number of hydrogen-bond donors (Lipinski definition) is 1. The normalized spacial score (nSPS) is 11.0. The SMILES string of the molecule is C/C=C\C(=C/C)c1cc(Oc2cccc(C(=O)NCc3cncc(F)c3)c2C)ccn1.CC. The fourth-order valence-electron chi connectivity index (χ4n) is 3.07. The van der Waals surface area contributed by atoms with Gasteiger partial charge in [-0.1, -0.05) is 38.1 Å². The van der Waals surface area contributed by atoms with Crippen molar-refractivity contribution < 1.29 is 13.9 Å². The molecule has 2 heterocycles. The van der Waals surface area contributed by atoms with Crippen LogP contribution in [0.5, 0.6) is 11.5 Å². The molecule has 0 fully saturated rings. The molecule has 3 aromatic rings. The average Bonchev–Trinajstić information content (AvgIpc) is 2.84. The zero-order valence-corrected chi connectivity index (χ0v) is 19.7. The van der Waals surface area contributed by atoms with Crippen LogP contribution in [0.15, 0.2) is 73.2 Å². The molecule has 172 valence electrons. The lowest BCUT2D eigenvalue weighted by atomic mass is 10.1. The van der Waals surface area contributed by atoms with Gasteiger partial charge in [0.05, 0.1) is 11.9 Å². The highest BCUT2D eigenvalue weighted by atomic mass is 19.1. The van der Waals surface area contributed by atoms with Gasteiger partial charge in [0.15, 0.2) is 0 Å². The summed E-state index contributed by atoms with van der Waals surface area (Å²) in [5.74, 6) is 0.489. The molecule has 2 aromatic heterocycles. The monoisotopic (exact) mass is 447 g/mol. The standard InChI is InChI=1S/C25H24FN3O2.C2H6/c1-4-7-19(5-2)23-13-21(10-11-28-23)31-24-9-6-8-22(17(24)3)25(30)29-15-18-12-20(26)16-27-14-18;1-2/h4-14,16H,15H2,1-3H3,(H,29,30);1-2H3/b7-4-,19-5+;. The number of rotatable bonds is 7. The number of carbonyl (C=O) groups is 1. The van der Waals surface area contributed by atoms with Crippen molar-refractivity contribution in [3.63, 3.8) is 0 Å². The van der Waals surface area contributed by atoms with Crippen molar-refractivity contribution in [1.29, 1.82) is 0 Å². The van der Waals surface area contributed by atoms with Crippen molar-refractivity contribution in [2.24, 2.45) is 0 Å². The molecule has 6 heteroatoms. The van der Waals surface area contributed by atoms with Crippen LogP contribution in [0.1, 0.15) is 54.9 Å². The molecule has 1 amide bonds. The van der Waals surface area contributed by atoms with Crippen LogP contribution in [0.3, 0.4) is 0 Å². The summed E-state index contributed by atoms with van der Waals surface area (Å²) in [6.07, 6.45) is 10.3. The fraction of sp³-hybridized carbons (Fsp3) is 0.222. The van der Waals surface area contributed by atoms with Crippen LogP contribution in [0.25, 0.3) is 5.57 Å². The van der Waals surface area contributed by atoms with Crippen molar-refractivity contribution in [3.8, 4) is 11.5 Å². The van der Waals surface area contributed by atoms with Crippen LogP contribution >= 0.6 is 0 Å². The Hall–Kier alpha value is -3.80. The van der Waals surface area contributed by atoms with E-state index < -0.39 is 5.82 Å². The van der Waals surface area contributed by atoms with E-state index in [4.69, 9.17) is 4.74 Å². The first-order valence-electron chi connectivity index (χ1n) is 10.9. The molecule has 0 aliphatic rings. The fourth-order valence-corrected chi connectivity index (χ4v) is 3.07.